The molecule has 134 valence electrons. The van der Waals surface area contributed by atoms with Gasteiger partial charge >= 0.3 is 12.1 Å². The standard InChI is InChI=1S/C18H19N5O3/c1-10-11(2)23(17(19)24)15-5-4-12(8-14(10)15)26-13-6-7-21-16(9-13)22-18(25)20-3/h4-9H,1-3H3,(H2,19,24)(H2,20,21,22,25). The third kappa shape index (κ3) is 3.16. The monoisotopic (exact) mass is 353 g/mol. The van der Waals surface area contributed by atoms with Gasteiger partial charge in [0.05, 0.1) is 5.52 Å². The Kier molecular flexibility index (Phi) is 4.49. The highest BCUT2D eigenvalue weighted by atomic mass is 16.5. The summed E-state index contributed by atoms with van der Waals surface area (Å²) in [5.74, 6) is 1.49. The average molecular weight is 353 g/mol. The average Bonchev–Trinajstić information content (AvgIpc) is 2.86. The molecular formula is C18H19N5O3. The van der Waals surface area contributed by atoms with Crippen molar-refractivity contribution in [1.29, 1.82) is 0 Å². The number of primary amides is 1. The number of aromatic nitrogens is 2. The van der Waals surface area contributed by atoms with E-state index in [0.717, 1.165) is 22.2 Å². The molecule has 1 aromatic carbocycles. The van der Waals surface area contributed by atoms with Crippen LogP contribution in [0.3, 0.4) is 0 Å². The summed E-state index contributed by atoms with van der Waals surface area (Å²) in [7, 11) is 1.52. The van der Waals surface area contributed by atoms with E-state index in [-0.39, 0.29) is 6.03 Å². The van der Waals surface area contributed by atoms with Crippen LogP contribution in [0.4, 0.5) is 15.4 Å². The predicted octanol–water partition coefficient (Wildman–Crippen LogP) is 3.12. The molecule has 0 unspecified atom stereocenters. The van der Waals surface area contributed by atoms with E-state index in [0.29, 0.717) is 17.3 Å². The van der Waals surface area contributed by atoms with E-state index in [9.17, 15) is 9.59 Å². The summed E-state index contributed by atoms with van der Waals surface area (Å²) >= 11 is 0. The van der Waals surface area contributed by atoms with Gasteiger partial charge in [-0.3, -0.25) is 9.88 Å². The topological polar surface area (TPSA) is 111 Å². The second-order valence-corrected chi connectivity index (χ2v) is 5.75. The summed E-state index contributed by atoms with van der Waals surface area (Å²) in [6.45, 7) is 3.78. The fraction of sp³-hybridized carbons (Fsp3) is 0.167. The van der Waals surface area contributed by atoms with Crippen LogP contribution in [-0.2, 0) is 0 Å². The molecule has 3 aromatic rings. The van der Waals surface area contributed by atoms with Gasteiger partial charge in [-0.1, -0.05) is 0 Å². The number of nitrogens with zero attached hydrogens (tertiary/aromatic N) is 2. The Labute approximate surface area is 150 Å². The summed E-state index contributed by atoms with van der Waals surface area (Å²) in [6.07, 6.45) is 1.54. The van der Waals surface area contributed by atoms with E-state index < -0.39 is 6.03 Å². The number of anilines is 1. The lowest BCUT2D eigenvalue weighted by Crippen LogP contribution is -2.24. The predicted molar refractivity (Wildman–Crippen MR) is 98.8 cm³/mol. The quantitative estimate of drug-likeness (QED) is 0.671. The van der Waals surface area contributed by atoms with Gasteiger partial charge in [0.25, 0.3) is 0 Å². The lowest BCUT2D eigenvalue weighted by atomic mass is 10.1. The van der Waals surface area contributed by atoms with Crippen molar-refractivity contribution >= 4 is 28.8 Å². The molecule has 0 radical (unpaired) electrons. The highest BCUT2D eigenvalue weighted by Gasteiger charge is 2.15. The van der Waals surface area contributed by atoms with Crippen molar-refractivity contribution in [1.82, 2.24) is 14.9 Å². The van der Waals surface area contributed by atoms with Crippen LogP contribution >= 0.6 is 0 Å². The van der Waals surface area contributed by atoms with Crippen molar-refractivity contribution in [2.45, 2.75) is 13.8 Å². The zero-order valence-electron chi connectivity index (χ0n) is 14.7. The molecule has 0 aliphatic heterocycles. The number of hydrogen-bond donors (Lipinski definition) is 3. The third-order valence-electron chi connectivity index (χ3n) is 4.15. The number of aryl methyl sites for hydroxylation is 1. The van der Waals surface area contributed by atoms with E-state index in [1.807, 2.05) is 19.9 Å². The van der Waals surface area contributed by atoms with Crippen LogP contribution in [0.1, 0.15) is 11.3 Å². The number of benzene rings is 1. The molecule has 8 nitrogen and oxygen atoms in total. The molecule has 26 heavy (non-hydrogen) atoms. The van der Waals surface area contributed by atoms with Crippen molar-refractivity contribution in [2.75, 3.05) is 12.4 Å². The van der Waals surface area contributed by atoms with E-state index in [4.69, 9.17) is 10.5 Å². The summed E-state index contributed by atoms with van der Waals surface area (Å²) < 4.78 is 7.35. The molecule has 0 saturated carbocycles. The molecule has 2 aromatic heterocycles. The maximum absolute atomic E-state index is 11.7. The van der Waals surface area contributed by atoms with Crippen LogP contribution in [0.5, 0.6) is 11.5 Å². The van der Waals surface area contributed by atoms with Gasteiger partial charge in [-0.05, 0) is 43.7 Å². The van der Waals surface area contributed by atoms with E-state index >= 15 is 0 Å². The maximum atomic E-state index is 11.7. The molecule has 8 heteroatoms. The van der Waals surface area contributed by atoms with Crippen LogP contribution in [-0.4, -0.2) is 28.7 Å². The van der Waals surface area contributed by atoms with Crippen LogP contribution in [0.25, 0.3) is 10.9 Å². The number of hydrogen-bond acceptors (Lipinski definition) is 4. The number of pyridine rings is 1. The zero-order chi connectivity index (χ0) is 18.8. The van der Waals surface area contributed by atoms with Gasteiger partial charge < -0.3 is 15.8 Å². The number of amides is 3. The molecule has 0 saturated heterocycles. The van der Waals surface area contributed by atoms with Gasteiger partial charge in [0.15, 0.2) is 0 Å². The number of rotatable bonds is 3. The molecule has 4 N–H and O–H groups in total. The summed E-state index contributed by atoms with van der Waals surface area (Å²) in [5.41, 5.74) is 7.96. The number of ether oxygens (including phenoxy) is 1. The minimum atomic E-state index is -0.520. The number of carbonyl (C=O) groups excluding carboxylic acids is 2. The smallest absolute Gasteiger partial charge is 0.323 e. The minimum Gasteiger partial charge on any atom is -0.457 e. The van der Waals surface area contributed by atoms with E-state index in [1.165, 1.54) is 17.8 Å². The zero-order valence-corrected chi connectivity index (χ0v) is 14.7. The first kappa shape index (κ1) is 17.3. The van der Waals surface area contributed by atoms with Crippen LogP contribution < -0.4 is 21.1 Å². The van der Waals surface area contributed by atoms with Crippen LogP contribution in [0.2, 0.25) is 0 Å². The molecule has 0 aliphatic rings. The second kappa shape index (κ2) is 6.75. The van der Waals surface area contributed by atoms with Gasteiger partial charge in [0.2, 0.25) is 0 Å². The van der Waals surface area contributed by atoms with E-state index in [1.54, 1.807) is 24.3 Å². The number of fused-ring (bicyclic) bond motifs is 1. The molecular weight excluding hydrogens is 334 g/mol. The molecule has 0 fully saturated rings. The Morgan fingerprint density at radius 3 is 2.58 bits per heavy atom. The summed E-state index contributed by atoms with van der Waals surface area (Å²) in [6, 6.07) is 7.82. The molecule has 0 aliphatic carbocycles. The highest BCUT2D eigenvalue weighted by molar-refractivity contribution is 5.95. The number of nitrogens with two attached hydrogens (primary N) is 1. The Bertz CT molecular complexity index is 1010. The van der Waals surface area contributed by atoms with E-state index in [2.05, 4.69) is 15.6 Å². The molecule has 0 spiro atoms. The number of nitrogens with one attached hydrogen (secondary N) is 2. The third-order valence-corrected chi connectivity index (χ3v) is 4.15. The maximum Gasteiger partial charge on any atom is 0.323 e. The Morgan fingerprint density at radius 2 is 1.88 bits per heavy atom. The second-order valence-electron chi connectivity index (χ2n) is 5.75. The number of carbonyl (C=O) groups is 2. The largest absolute Gasteiger partial charge is 0.457 e. The van der Waals surface area contributed by atoms with Crippen molar-refractivity contribution in [3.63, 3.8) is 0 Å². The minimum absolute atomic E-state index is 0.366. The first-order valence-electron chi connectivity index (χ1n) is 7.95. The van der Waals surface area contributed by atoms with Crippen LogP contribution in [0, 0.1) is 13.8 Å². The van der Waals surface area contributed by atoms with Gasteiger partial charge in [0, 0.05) is 30.4 Å². The molecule has 3 amide bonds. The summed E-state index contributed by atoms with van der Waals surface area (Å²) in [5, 5.41) is 5.92. The first-order valence-corrected chi connectivity index (χ1v) is 7.95. The molecule has 3 rings (SSSR count). The molecule has 2 heterocycles. The van der Waals surface area contributed by atoms with Gasteiger partial charge in [-0.2, -0.15) is 0 Å². The lowest BCUT2D eigenvalue weighted by Gasteiger charge is -2.08. The Balaban J connectivity index is 1.93. The van der Waals surface area contributed by atoms with Crippen LogP contribution in [0.15, 0.2) is 36.5 Å². The van der Waals surface area contributed by atoms with Gasteiger partial charge in [0.1, 0.15) is 17.3 Å². The van der Waals surface area contributed by atoms with Crippen molar-refractivity contribution in [2.24, 2.45) is 5.73 Å². The van der Waals surface area contributed by atoms with Crippen molar-refractivity contribution in [3.05, 3.63) is 47.8 Å². The highest BCUT2D eigenvalue weighted by Crippen LogP contribution is 2.31. The Morgan fingerprint density at radius 1 is 1.15 bits per heavy atom. The SMILES string of the molecule is CNC(=O)Nc1cc(Oc2ccc3c(c2)c(C)c(C)n3C(N)=O)ccn1. The van der Waals surface area contributed by atoms with Crippen molar-refractivity contribution < 1.29 is 14.3 Å². The summed E-state index contributed by atoms with van der Waals surface area (Å²) in [4.78, 5) is 27.1. The molecule has 0 bridgehead atoms. The van der Waals surface area contributed by atoms with Crippen molar-refractivity contribution in [3.8, 4) is 11.5 Å². The number of urea groups is 1. The normalized spacial score (nSPS) is 10.6. The fourth-order valence-corrected chi connectivity index (χ4v) is 2.76. The van der Waals surface area contributed by atoms with Gasteiger partial charge in [-0.25, -0.2) is 14.6 Å². The molecule has 0 atom stereocenters. The lowest BCUT2D eigenvalue weighted by molar-refractivity contribution is 0.250. The fourth-order valence-electron chi connectivity index (χ4n) is 2.76. The van der Waals surface area contributed by atoms with Gasteiger partial charge in [-0.15, -0.1) is 0 Å². The Hall–Kier alpha value is -3.55. The first-order chi connectivity index (χ1) is 12.4.